The lowest BCUT2D eigenvalue weighted by Crippen LogP contribution is -2.39. The first-order valence-electron chi connectivity index (χ1n) is 11.6. The van der Waals surface area contributed by atoms with Gasteiger partial charge in [0.2, 0.25) is 0 Å². The molecule has 1 N–H and O–H groups in total. The molecule has 0 aliphatic rings. The van der Waals surface area contributed by atoms with Gasteiger partial charge >= 0.3 is 0 Å². The molecule has 0 saturated carbocycles. The fourth-order valence-corrected chi connectivity index (χ4v) is 4.49. The van der Waals surface area contributed by atoms with Crippen LogP contribution in [0.3, 0.4) is 0 Å². The van der Waals surface area contributed by atoms with Gasteiger partial charge < -0.3 is 14.8 Å². The predicted molar refractivity (Wildman–Crippen MR) is 145 cm³/mol. The number of hydrogen-bond donors (Lipinski definition) is 1. The van der Waals surface area contributed by atoms with E-state index in [9.17, 15) is 4.79 Å². The SMILES string of the molecule is COc1ccc(NC(=O)c2ccc(-c3ccc(Cl)cc3Cl)cc2)cc1OCCN(C(C)C)C(C)C. The molecular formula is C28H32Cl2N2O3. The smallest absolute Gasteiger partial charge is 0.255 e. The number of nitrogens with one attached hydrogen (secondary N) is 1. The lowest BCUT2D eigenvalue weighted by atomic mass is 10.0. The molecule has 0 aliphatic carbocycles. The van der Waals surface area contributed by atoms with Crippen molar-refractivity contribution in [2.24, 2.45) is 0 Å². The van der Waals surface area contributed by atoms with E-state index < -0.39 is 0 Å². The Kier molecular flexibility index (Phi) is 9.44. The van der Waals surface area contributed by atoms with Crippen LogP contribution in [0.25, 0.3) is 11.1 Å². The van der Waals surface area contributed by atoms with Crippen LogP contribution in [0.15, 0.2) is 60.7 Å². The van der Waals surface area contributed by atoms with E-state index in [1.807, 2.05) is 18.2 Å². The van der Waals surface area contributed by atoms with Crippen LogP contribution in [-0.2, 0) is 0 Å². The molecule has 0 fully saturated rings. The Bertz CT molecular complexity index is 1140. The summed E-state index contributed by atoms with van der Waals surface area (Å²) in [7, 11) is 1.60. The van der Waals surface area contributed by atoms with Gasteiger partial charge in [-0.05, 0) is 69.7 Å². The van der Waals surface area contributed by atoms with Gasteiger partial charge in [-0.3, -0.25) is 9.69 Å². The molecule has 0 saturated heterocycles. The third-order valence-corrected chi connectivity index (χ3v) is 6.29. The Morgan fingerprint density at radius 1 is 0.914 bits per heavy atom. The molecule has 3 rings (SSSR count). The molecule has 1 amide bonds. The first kappa shape index (κ1) is 26.9. The molecule has 3 aromatic carbocycles. The summed E-state index contributed by atoms with van der Waals surface area (Å²) in [5.74, 6) is 0.985. The summed E-state index contributed by atoms with van der Waals surface area (Å²) in [6, 6.07) is 18.8. The molecule has 0 spiro atoms. The van der Waals surface area contributed by atoms with E-state index in [0.29, 0.717) is 51.5 Å². The second kappa shape index (κ2) is 12.3. The number of rotatable bonds is 10. The third-order valence-electron chi connectivity index (χ3n) is 5.74. The Hall–Kier alpha value is -2.73. The van der Waals surface area contributed by atoms with Gasteiger partial charge in [-0.15, -0.1) is 0 Å². The highest BCUT2D eigenvalue weighted by Crippen LogP contribution is 2.32. The minimum absolute atomic E-state index is 0.222. The zero-order chi connectivity index (χ0) is 25.5. The Morgan fingerprint density at radius 3 is 2.20 bits per heavy atom. The molecule has 0 bridgehead atoms. The highest BCUT2D eigenvalue weighted by atomic mass is 35.5. The highest BCUT2D eigenvalue weighted by Gasteiger charge is 2.15. The van der Waals surface area contributed by atoms with Crippen LogP contribution < -0.4 is 14.8 Å². The fourth-order valence-electron chi connectivity index (χ4n) is 3.97. The van der Waals surface area contributed by atoms with Gasteiger partial charge in [0.15, 0.2) is 11.5 Å². The monoisotopic (exact) mass is 514 g/mol. The normalized spacial score (nSPS) is 11.3. The number of carbonyl (C=O) groups is 1. The van der Waals surface area contributed by atoms with Gasteiger partial charge in [0, 0.05) is 51.6 Å². The van der Waals surface area contributed by atoms with Crippen molar-refractivity contribution >= 4 is 34.8 Å². The van der Waals surface area contributed by atoms with Crippen LogP contribution in [-0.4, -0.2) is 43.2 Å². The molecule has 0 unspecified atom stereocenters. The number of anilines is 1. The number of ether oxygens (including phenoxy) is 2. The second-order valence-corrected chi connectivity index (χ2v) is 9.64. The number of hydrogen-bond acceptors (Lipinski definition) is 4. The number of benzene rings is 3. The lowest BCUT2D eigenvalue weighted by molar-refractivity contribution is 0.102. The lowest BCUT2D eigenvalue weighted by Gasteiger charge is -2.30. The molecule has 0 aromatic heterocycles. The molecule has 186 valence electrons. The van der Waals surface area contributed by atoms with Crippen LogP contribution in [0.4, 0.5) is 5.69 Å². The zero-order valence-electron chi connectivity index (χ0n) is 20.8. The fraction of sp³-hybridized carbons (Fsp3) is 0.321. The minimum Gasteiger partial charge on any atom is -0.493 e. The van der Waals surface area contributed by atoms with Crippen LogP contribution in [0.1, 0.15) is 38.1 Å². The topological polar surface area (TPSA) is 50.8 Å². The summed E-state index contributed by atoms with van der Waals surface area (Å²) in [6.45, 7) is 10.00. The molecular weight excluding hydrogens is 483 g/mol. The van der Waals surface area contributed by atoms with Crippen molar-refractivity contribution in [3.05, 3.63) is 76.3 Å². The first-order valence-corrected chi connectivity index (χ1v) is 12.4. The van der Waals surface area contributed by atoms with E-state index >= 15 is 0 Å². The van der Waals surface area contributed by atoms with E-state index in [0.717, 1.165) is 17.7 Å². The molecule has 35 heavy (non-hydrogen) atoms. The van der Waals surface area contributed by atoms with Gasteiger partial charge in [-0.1, -0.05) is 41.4 Å². The van der Waals surface area contributed by atoms with Crippen LogP contribution in [0.5, 0.6) is 11.5 Å². The maximum absolute atomic E-state index is 12.9. The zero-order valence-corrected chi connectivity index (χ0v) is 22.3. The number of carbonyl (C=O) groups excluding carboxylic acids is 1. The Balaban J connectivity index is 1.68. The second-order valence-electron chi connectivity index (χ2n) is 8.80. The van der Waals surface area contributed by atoms with E-state index in [-0.39, 0.29) is 5.91 Å². The minimum atomic E-state index is -0.222. The van der Waals surface area contributed by atoms with Crippen LogP contribution >= 0.6 is 23.2 Å². The third kappa shape index (κ3) is 7.14. The van der Waals surface area contributed by atoms with Crippen molar-refractivity contribution in [2.45, 2.75) is 39.8 Å². The van der Waals surface area contributed by atoms with E-state index in [1.165, 1.54) is 0 Å². The molecule has 3 aromatic rings. The average molecular weight is 515 g/mol. The maximum Gasteiger partial charge on any atom is 0.255 e. The largest absolute Gasteiger partial charge is 0.493 e. The summed E-state index contributed by atoms with van der Waals surface area (Å²) >= 11 is 12.3. The van der Waals surface area contributed by atoms with Crippen molar-refractivity contribution in [3.8, 4) is 22.6 Å². The number of halogens is 2. The van der Waals surface area contributed by atoms with Crippen molar-refractivity contribution < 1.29 is 14.3 Å². The highest BCUT2D eigenvalue weighted by molar-refractivity contribution is 6.36. The van der Waals surface area contributed by atoms with Crippen molar-refractivity contribution in [1.29, 1.82) is 0 Å². The number of nitrogens with zero attached hydrogens (tertiary/aromatic N) is 1. The van der Waals surface area contributed by atoms with Crippen molar-refractivity contribution in [3.63, 3.8) is 0 Å². The van der Waals surface area contributed by atoms with Gasteiger partial charge in [-0.2, -0.15) is 0 Å². The van der Waals surface area contributed by atoms with E-state index in [1.54, 1.807) is 49.6 Å². The number of amides is 1. The van der Waals surface area contributed by atoms with Gasteiger partial charge in [-0.25, -0.2) is 0 Å². The summed E-state index contributed by atoms with van der Waals surface area (Å²) < 4.78 is 11.5. The summed E-state index contributed by atoms with van der Waals surface area (Å²) in [5, 5.41) is 4.07. The Morgan fingerprint density at radius 2 is 1.60 bits per heavy atom. The van der Waals surface area contributed by atoms with E-state index in [2.05, 4.69) is 37.9 Å². The van der Waals surface area contributed by atoms with Gasteiger partial charge in [0.25, 0.3) is 5.91 Å². The van der Waals surface area contributed by atoms with Crippen LogP contribution in [0.2, 0.25) is 10.0 Å². The van der Waals surface area contributed by atoms with E-state index in [4.69, 9.17) is 32.7 Å². The summed E-state index contributed by atoms with van der Waals surface area (Å²) in [4.78, 5) is 15.2. The molecule has 7 heteroatoms. The van der Waals surface area contributed by atoms with Gasteiger partial charge in [0.1, 0.15) is 6.61 Å². The molecule has 5 nitrogen and oxygen atoms in total. The van der Waals surface area contributed by atoms with Crippen LogP contribution in [0, 0.1) is 0 Å². The molecule has 0 aliphatic heterocycles. The summed E-state index contributed by atoms with van der Waals surface area (Å²) in [6.07, 6.45) is 0. The van der Waals surface area contributed by atoms with Crippen molar-refractivity contribution in [1.82, 2.24) is 4.90 Å². The standard InChI is InChI=1S/C28H32Cl2N2O3/c1-18(2)32(19(3)4)14-15-35-27-17-23(11-13-26(27)34-5)31-28(33)21-8-6-20(7-9-21)24-12-10-22(29)16-25(24)30/h6-13,16-19H,14-15H2,1-5H3,(H,31,33). The molecule has 0 atom stereocenters. The predicted octanol–water partition coefficient (Wildman–Crippen LogP) is 7.42. The van der Waals surface area contributed by atoms with Crippen molar-refractivity contribution in [2.75, 3.05) is 25.6 Å². The Labute approximate surface area is 217 Å². The maximum atomic E-state index is 12.9. The average Bonchev–Trinajstić information content (AvgIpc) is 2.81. The summed E-state index contributed by atoms with van der Waals surface area (Å²) in [5.41, 5.74) is 2.91. The first-order chi connectivity index (χ1) is 16.7. The van der Waals surface area contributed by atoms with Gasteiger partial charge in [0.05, 0.1) is 7.11 Å². The molecule has 0 heterocycles. The molecule has 0 radical (unpaired) electrons. The quantitative estimate of drug-likeness (QED) is 0.305. The number of methoxy groups -OCH3 is 1.